The van der Waals surface area contributed by atoms with Crippen LogP contribution >= 0.6 is 11.6 Å². The Kier molecular flexibility index (Phi) is 3.86. The van der Waals surface area contributed by atoms with Crippen LogP contribution in [0.4, 0.5) is 5.69 Å². The van der Waals surface area contributed by atoms with E-state index in [4.69, 9.17) is 16.3 Å². The number of ether oxygens (including phenoxy) is 1. The second-order valence-corrected chi connectivity index (χ2v) is 6.05. The van der Waals surface area contributed by atoms with Crippen LogP contribution in [-0.2, 0) is 0 Å². The van der Waals surface area contributed by atoms with Crippen molar-refractivity contribution in [1.29, 1.82) is 0 Å². The van der Waals surface area contributed by atoms with Gasteiger partial charge in [-0.05, 0) is 36.4 Å². The molecule has 122 valence electrons. The number of guanidine groups is 1. The smallest absolute Gasteiger partial charge is 0.262 e. The molecule has 0 unspecified atom stereocenters. The van der Waals surface area contributed by atoms with Crippen molar-refractivity contribution in [3.8, 4) is 5.75 Å². The lowest BCUT2D eigenvalue weighted by molar-refractivity contribution is 0.0851. The van der Waals surface area contributed by atoms with E-state index >= 15 is 0 Å². The summed E-state index contributed by atoms with van der Waals surface area (Å²) in [4.78, 5) is 20.8. The van der Waals surface area contributed by atoms with Crippen LogP contribution in [0.15, 0.2) is 53.5 Å². The van der Waals surface area contributed by atoms with Crippen LogP contribution in [0.3, 0.4) is 0 Å². The third-order valence-electron chi connectivity index (χ3n) is 4.13. The summed E-state index contributed by atoms with van der Waals surface area (Å²) in [5.74, 6) is 1.51. The number of anilines is 1. The summed E-state index contributed by atoms with van der Waals surface area (Å²) in [5.41, 5.74) is 1.60. The zero-order valence-electron chi connectivity index (χ0n) is 13.0. The molecule has 2 aromatic carbocycles. The number of carbonyl (C=O) groups excluding carboxylic acids is 1. The van der Waals surface area contributed by atoms with Gasteiger partial charge in [0.05, 0.1) is 24.3 Å². The van der Waals surface area contributed by atoms with Gasteiger partial charge in [0.1, 0.15) is 12.4 Å². The predicted octanol–water partition coefficient (Wildman–Crippen LogP) is 3.05. The predicted molar refractivity (Wildman–Crippen MR) is 94.1 cm³/mol. The SMILES string of the molecule is O=C1c2ccccc2N(CCOc2ccc(Cl)cc2)C2=NCCN12. The number of para-hydroxylation sites is 1. The van der Waals surface area contributed by atoms with Gasteiger partial charge in [-0.1, -0.05) is 23.7 Å². The molecular weight excluding hydrogens is 326 g/mol. The Bertz CT molecular complexity index is 804. The maximum atomic E-state index is 12.5. The van der Waals surface area contributed by atoms with Crippen molar-refractivity contribution in [2.45, 2.75) is 0 Å². The van der Waals surface area contributed by atoms with Gasteiger partial charge in [0, 0.05) is 11.6 Å². The van der Waals surface area contributed by atoms with Crippen LogP contribution in [-0.4, -0.2) is 43.0 Å². The average molecular weight is 342 g/mol. The van der Waals surface area contributed by atoms with Crippen molar-refractivity contribution < 1.29 is 9.53 Å². The van der Waals surface area contributed by atoms with Crippen molar-refractivity contribution in [3.05, 3.63) is 59.1 Å². The van der Waals surface area contributed by atoms with E-state index in [1.807, 2.05) is 36.4 Å². The van der Waals surface area contributed by atoms with E-state index in [1.165, 1.54) is 0 Å². The molecule has 2 heterocycles. The molecule has 6 heteroatoms. The first-order valence-corrected chi connectivity index (χ1v) is 8.23. The molecule has 24 heavy (non-hydrogen) atoms. The molecule has 2 aromatic rings. The number of halogens is 1. The van der Waals surface area contributed by atoms with E-state index in [1.54, 1.807) is 17.0 Å². The monoisotopic (exact) mass is 341 g/mol. The number of amides is 1. The number of fused-ring (bicyclic) bond motifs is 2. The van der Waals surface area contributed by atoms with E-state index in [9.17, 15) is 4.79 Å². The summed E-state index contributed by atoms with van der Waals surface area (Å²) in [5, 5.41) is 0.682. The molecule has 1 amide bonds. The van der Waals surface area contributed by atoms with E-state index in [2.05, 4.69) is 9.89 Å². The molecule has 5 nitrogen and oxygen atoms in total. The second kappa shape index (κ2) is 6.17. The molecular formula is C18H16ClN3O2. The van der Waals surface area contributed by atoms with Crippen LogP contribution in [0.5, 0.6) is 5.75 Å². The Morgan fingerprint density at radius 3 is 2.75 bits per heavy atom. The molecule has 0 saturated carbocycles. The first-order valence-electron chi connectivity index (χ1n) is 7.85. The van der Waals surface area contributed by atoms with Crippen molar-refractivity contribution in [1.82, 2.24) is 4.90 Å². The third-order valence-corrected chi connectivity index (χ3v) is 4.38. The number of rotatable bonds is 4. The summed E-state index contributed by atoms with van der Waals surface area (Å²) in [6.07, 6.45) is 0. The molecule has 0 fully saturated rings. The highest BCUT2D eigenvalue weighted by molar-refractivity contribution is 6.30. The number of aliphatic imine (C=N–C) groups is 1. The fraction of sp³-hybridized carbons (Fsp3) is 0.222. The molecule has 4 rings (SSSR count). The van der Waals surface area contributed by atoms with Crippen molar-refractivity contribution in [3.63, 3.8) is 0 Å². The zero-order valence-corrected chi connectivity index (χ0v) is 13.7. The molecule has 2 aliphatic rings. The Hall–Kier alpha value is -2.53. The van der Waals surface area contributed by atoms with Gasteiger partial charge in [-0.3, -0.25) is 14.7 Å². The number of benzene rings is 2. The average Bonchev–Trinajstić information content (AvgIpc) is 3.09. The highest BCUT2D eigenvalue weighted by Gasteiger charge is 2.36. The van der Waals surface area contributed by atoms with Gasteiger partial charge < -0.3 is 9.64 Å². The van der Waals surface area contributed by atoms with E-state index in [0.717, 1.165) is 17.4 Å². The molecule has 0 atom stereocenters. The van der Waals surface area contributed by atoms with E-state index < -0.39 is 0 Å². The quantitative estimate of drug-likeness (QED) is 0.858. The molecule has 0 spiro atoms. The van der Waals surface area contributed by atoms with Crippen molar-refractivity contribution in [2.24, 2.45) is 4.99 Å². The molecule has 0 saturated heterocycles. The molecule has 0 N–H and O–H groups in total. The van der Waals surface area contributed by atoms with Crippen LogP contribution in [0.1, 0.15) is 10.4 Å². The topological polar surface area (TPSA) is 45.1 Å². The van der Waals surface area contributed by atoms with Gasteiger partial charge in [0.15, 0.2) is 0 Å². The van der Waals surface area contributed by atoms with Crippen LogP contribution < -0.4 is 9.64 Å². The minimum atomic E-state index is 0.0247. The van der Waals surface area contributed by atoms with Gasteiger partial charge in [-0.2, -0.15) is 0 Å². The summed E-state index contributed by atoms with van der Waals surface area (Å²) in [7, 11) is 0. The highest BCUT2D eigenvalue weighted by Crippen LogP contribution is 2.30. The first kappa shape index (κ1) is 15.0. The largest absolute Gasteiger partial charge is 0.492 e. The molecule has 0 radical (unpaired) electrons. The first-order chi connectivity index (χ1) is 11.7. The summed E-state index contributed by atoms with van der Waals surface area (Å²) in [6, 6.07) is 14.9. The maximum absolute atomic E-state index is 12.5. The zero-order chi connectivity index (χ0) is 16.5. The third kappa shape index (κ3) is 2.61. The number of hydrogen-bond donors (Lipinski definition) is 0. The lowest BCUT2D eigenvalue weighted by Crippen LogP contribution is -2.51. The highest BCUT2D eigenvalue weighted by atomic mass is 35.5. The lowest BCUT2D eigenvalue weighted by atomic mass is 10.1. The van der Waals surface area contributed by atoms with Crippen molar-refractivity contribution >= 4 is 29.2 Å². The Labute approximate surface area is 145 Å². The second-order valence-electron chi connectivity index (χ2n) is 5.61. The van der Waals surface area contributed by atoms with Gasteiger partial charge in [0.25, 0.3) is 5.91 Å². The fourth-order valence-electron chi connectivity index (χ4n) is 3.01. The maximum Gasteiger partial charge on any atom is 0.262 e. The Morgan fingerprint density at radius 2 is 1.92 bits per heavy atom. The standard InChI is InChI=1S/C18H16ClN3O2/c19-13-5-7-14(8-6-13)24-12-11-21-16-4-2-1-3-15(16)17(23)22-10-9-20-18(21)22/h1-8H,9-12H2. The molecule has 0 bridgehead atoms. The van der Waals surface area contributed by atoms with E-state index in [-0.39, 0.29) is 5.91 Å². The van der Waals surface area contributed by atoms with Crippen LogP contribution in [0.2, 0.25) is 5.02 Å². The number of nitrogens with zero attached hydrogens (tertiary/aromatic N) is 3. The number of carbonyl (C=O) groups is 1. The summed E-state index contributed by atoms with van der Waals surface area (Å²) >= 11 is 5.88. The van der Waals surface area contributed by atoms with Gasteiger partial charge in [-0.15, -0.1) is 0 Å². The van der Waals surface area contributed by atoms with Crippen molar-refractivity contribution in [2.75, 3.05) is 31.1 Å². The Morgan fingerprint density at radius 1 is 1.12 bits per heavy atom. The van der Waals surface area contributed by atoms with Crippen LogP contribution in [0, 0.1) is 0 Å². The Balaban J connectivity index is 1.54. The van der Waals surface area contributed by atoms with Gasteiger partial charge in [0.2, 0.25) is 5.96 Å². The summed E-state index contributed by atoms with van der Waals surface area (Å²) in [6.45, 7) is 2.37. The van der Waals surface area contributed by atoms with E-state index in [0.29, 0.717) is 36.8 Å². The lowest BCUT2D eigenvalue weighted by Gasteiger charge is -2.35. The molecule has 0 aliphatic carbocycles. The van der Waals surface area contributed by atoms with Crippen LogP contribution in [0.25, 0.3) is 0 Å². The summed E-state index contributed by atoms with van der Waals surface area (Å²) < 4.78 is 5.80. The minimum Gasteiger partial charge on any atom is -0.492 e. The van der Waals surface area contributed by atoms with Gasteiger partial charge in [-0.25, -0.2) is 0 Å². The number of hydrogen-bond acceptors (Lipinski definition) is 4. The molecule has 2 aliphatic heterocycles. The van der Waals surface area contributed by atoms with Gasteiger partial charge >= 0.3 is 0 Å². The molecule has 0 aromatic heterocycles. The normalized spacial score (nSPS) is 15.9. The fourth-order valence-corrected chi connectivity index (χ4v) is 3.13. The minimum absolute atomic E-state index is 0.0247.